The summed E-state index contributed by atoms with van der Waals surface area (Å²) in [6.07, 6.45) is 7.82. The lowest BCUT2D eigenvalue weighted by atomic mass is 10.1. The number of nitrogens with zero attached hydrogens (tertiary/aromatic N) is 1. The number of hydrogen-bond donors (Lipinski definition) is 2. The van der Waals surface area contributed by atoms with Crippen LogP contribution in [0.2, 0.25) is 0 Å². The maximum Gasteiger partial charge on any atom is 0.270 e. The molecule has 1 aliphatic carbocycles. The highest BCUT2D eigenvalue weighted by atomic mass is 19.2. The summed E-state index contributed by atoms with van der Waals surface area (Å²) in [5, 5.41) is 5.46. The van der Waals surface area contributed by atoms with Crippen LogP contribution < -0.4 is 10.6 Å². The lowest BCUT2D eigenvalue weighted by Gasteiger charge is -2.16. The molecule has 3 rings (SSSR count). The highest BCUT2D eigenvalue weighted by molar-refractivity contribution is 6.05. The molecule has 27 heavy (non-hydrogen) atoms. The topological polar surface area (TPSA) is 71.1 Å². The minimum Gasteiger partial charge on any atom is -0.348 e. The van der Waals surface area contributed by atoms with Gasteiger partial charge in [0.25, 0.3) is 11.8 Å². The standard InChI is InChI=1S/C20H21F2N3O2/c21-16-8-7-15(12-17(16)22)25-19(26)13-9-10-23-18(11-13)20(27)24-14-5-3-1-2-4-6-14/h7-12,14H,1-6H2,(H,24,27)(H,25,26). The molecule has 1 aromatic carbocycles. The second-order valence-corrected chi connectivity index (χ2v) is 6.67. The number of carbonyl (C=O) groups is 2. The Balaban J connectivity index is 1.67. The zero-order chi connectivity index (χ0) is 19.2. The van der Waals surface area contributed by atoms with E-state index < -0.39 is 17.5 Å². The van der Waals surface area contributed by atoms with Crippen LogP contribution >= 0.6 is 0 Å². The summed E-state index contributed by atoms with van der Waals surface area (Å²) < 4.78 is 26.2. The second kappa shape index (κ2) is 8.70. The highest BCUT2D eigenvalue weighted by Crippen LogP contribution is 2.18. The van der Waals surface area contributed by atoms with Crippen LogP contribution in [-0.2, 0) is 0 Å². The van der Waals surface area contributed by atoms with Gasteiger partial charge in [-0.25, -0.2) is 8.78 Å². The van der Waals surface area contributed by atoms with E-state index in [4.69, 9.17) is 0 Å². The molecule has 0 spiro atoms. The van der Waals surface area contributed by atoms with Crippen molar-refractivity contribution in [2.75, 3.05) is 5.32 Å². The van der Waals surface area contributed by atoms with Gasteiger partial charge in [0.15, 0.2) is 11.6 Å². The van der Waals surface area contributed by atoms with Gasteiger partial charge < -0.3 is 10.6 Å². The van der Waals surface area contributed by atoms with E-state index in [1.807, 2.05) is 0 Å². The van der Waals surface area contributed by atoms with Crippen LogP contribution in [0.25, 0.3) is 0 Å². The van der Waals surface area contributed by atoms with Crippen molar-refractivity contribution in [1.82, 2.24) is 10.3 Å². The molecule has 2 aromatic rings. The van der Waals surface area contributed by atoms with Crippen LogP contribution in [0, 0.1) is 11.6 Å². The molecule has 0 radical (unpaired) electrons. The average molecular weight is 373 g/mol. The van der Waals surface area contributed by atoms with Gasteiger partial charge in [0, 0.05) is 29.6 Å². The van der Waals surface area contributed by atoms with E-state index in [0.717, 1.165) is 37.8 Å². The van der Waals surface area contributed by atoms with Gasteiger partial charge >= 0.3 is 0 Å². The molecule has 5 nitrogen and oxygen atoms in total. The smallest absolute Gasteiger partial charge is 0.270 e. The zero-order valence-electron chi connectivity index (χ0n) is 14.8. The predicted molar refractivity (Wildman–Crippen MR) is 97.5 cm³/mol. The monoisotopic (exact) mass is 373 g/mol. The Morgan fingerprint density at radius 2 is 1.67 bits per heavy atom. The van der Waals surface area contributed by atoms with Gasteiger partial charge in [-0.15, -0.1) is 0 Å². The first-order valence-electron chi connectivity index (χ1n) is 9.06. The second-order valence-electron chi connectivity index (χ2n) is 6.67. The van der Waals surface area contributed by atoms with Gasteiger partial charge in [0.2, 0.25) is 0 Å². The van der Waals surface area contributed by atoms with E-state index in [1.54, 1.807) is 0 Å². The van der Waals surface area contributed by atoms with Crippen molar-refractivity contribution in [3.05, 3.63) is 59.4 Å². The maximum atomic E-state index is 13.3. The molecular formula is C20H21F2N3O2. The number of nitrogens with one attached hydrogen (secondary N) is 2. The van der Waals surface area contributed by atoms with Crippen molar-refractivity contribution >= 4 is 17.5 Å². The quantitative estimate of drug-likeness (QED) is 0.794. The summed E-state index contributed by atoms with van der Waals surface area (Å²) >= 11 is 0. The van der Waals surface area contributed by atoms with E-state index in [0.29, 0.717) is 0 Å². The van der Waals surface area contributed by atoms with Crippen LogP contribution in [0.15, 0.2) is 36.5 Å². The number of aromatic nitrogens is 1. The normalized spacial score (nSPS) is 15.0. The average Bonchev–Trinajstić information content (AvgIpc) is 2.93. The van der Waals surface area contributed by atoms with Crippen molar-refractivity contribution in [3.8, 4) is 0 Å². The van der Waals surface area contributed by atoms with Gasteiger partial charge in [-0.3, -0.25) is 14.6 Å². The maximum absolute atomic E-state index is 13.3. The van der Waals surface area contributed by atoms with Crippen molar-refractivity contribution in [2.24, 2.45) is 0 Å². The van der Waals surface area contributed by atoms with Gasteiger partial charge in [-0.2, -0.15) is 0 Å². The van der Waals surface area contributed by atoms with Crippen molar-refractivity contribution in [2.45, 2.75) is 44.6 Å². The molecule has 1 saturated carbocycles. The fourth-order valence-corrected chi connectivity index (χ4v) is 3.16. The number of rotatable bonds is 4. The first-order chi connectivity index (χ1) is 13.0. The molecule has 0 bridgehead atoms. The third kappa shape index (κ3) is 5.09. The molecular weight excluding hydrogens is 352 g/mol. The first kappa shape index (κ1) is 18.9. The Morgan fingerprint density at radius 1 is 0.926 bits per heavy atom. The fraction of sp³-hybridized carbons (Fsp3) is 0.350. The third-order valence-electron chi connectivity index (χ3n) is 4.62. The van der Waals surface area contributed by atoms with E-state index >= 15 is 0 Å². The molecule has 0 aliphatic heterocycles. The molecule has 0 unspecified atom stereocenters. The summed E-state index contributed by atoms with van der Waals surface area (Å²) in [4.78, 5) is 28.8. The summed E-state index contributed by atoms with van der Waals surface area (Å²) in [6.45, 7) is 0. The Hall–Kier alpha value is -2.83. The van der Waals surface area contributed by atoms with Crippen molar-refractivity contribution in [1.29, 1.82) is 0 Å². The number of halogens is 2. The van der Waals surface area contributed by atoms with Crippen LogP contribution in [-0.4, -0.2) is 22.8 Å². The molecule has 2 N–H and O–H groups in total. The number of hydrogen-bond acceptors (Lipinski definition) is 3. The van der Waals surface area contributed by atoms with Crippen molar-refractivity contribution in [3.63, 3.8) is 0 Å². The third-order valence-corrected chi connectivity index (χ3v) is 4.62. The molecule has 0 atom stereocenters. The molecule has 0 saturated heterocycles. The largest absolute Gasteiger partial charge is 0.348 e. The number of anilines is 1. The number of pyridine rings is 1. The van der Waals surface area contributed by atoms with Gasteiger partial charge in [0.05, 0.1) is 0 Å². The summed E-state index contributed by atoms with van der Waals surface area (Å²) in [7, 11) is 0. The van der Waals surface area contributed by atoms with E-state index in [1.165, 1.54) is 37.2 Å². The Labute approximate surface area is 156 Å². The van der Waals surface area contributed by atoms with Crippen LogP contribution in [0.1, 0.15) is 59.4 Å². The fourth-order valence-electron chi connectivity index (χ4n) is 3.16. The van der Waals surface area contributed by atoms with E-state index in [9.17, 15) is 18.4 Å². The minimum atomic E-state index is -1.05. The molecule has 142 valence electrons. The minimum absolute atomic E-state index is 0.125. The predicted octanol–water partition coefficient (Wildman–Crippen LogP) is 4.06. The Bertz CT molecular complexity index is 834. The van der Waals surface area contributed by atoms with Crippen molar-refractivity contribution < 1.29 is 18.4 Å². The van der Waals surface area contributed by atoms with Gasteiger partial charge in [0.1, 0.15) is 5.69 Å². The molecule has 1 fully saturated rings. The molecule has 7 heteroatoms. The van der Waals surface area contributed by atoms with Crippen LogP contribution in [0.3, 0.4) is 0 Å². The number of amides is 2. The highest BCUT2D eigenvalue weighted by Gasteiger charge is 2.18. The summed E-state index contributed by atoms with van der Waals surface area (Å²) in [6, 6.07) is 6.06. The van der Waals surface area contributed by atoms with Gasteiger partial charge in [-0.05, 0) is 37.1 Å². The number of carbonyl (C=O) groups excluding carboxylic acids is 2. The van der Waals surface area contributed by atoms with Crippen LogP contribution in [0.5, 0.6) is 0 Å². The summed E-state index contributed by atoms with van der Waals surface area (Å²) in [5.74, 6) is -2.89. The first-order valence-corrected chi connectivity index (χ1v) is 9.06. The molecule has 1 aromatic heterocycles. The van der Waals surface area contributed by atoms with E-state index in [2.05, 4.69) is 15.6 Å². The summed E-state index contributed by atoms with van der Waals surface area (Å²) in [5.41, 5.74) is 0.484. The zero-order valence-corrected chi connectivity index (χ0v) is 14.8. The SMILES string of the molecule is O=C(Nc1ccc(F)c(F)c1)c1ccnc(C(=O)NC2CCCCCC2)c1. The van der Waals surface area contributed by atoms with Gasteiger partial charge in [-0.1, -0.05) is 25.7 Å². The molecule has 2 amide bonds. The Morgan fingerprint density at radius 3 is 2.37 bits per heavy atom. The van der Waals surface area contributed by atoms with E-state index in [-0.39, 0.29) is 28.9 Å². The Kier molecular flexibility index (Phi) is 6.11. The molecule has 1 aliphatic rings. The number of benzene rings is 1. The van der Waals surface area contributed by atoms with Crippen LogP contribution in [0.4, 0.5) is 14.5 Å². The lowest BCUT2D eigenvalue weighted by molar-refractivity contribution is 0.0928. The lowest BCUT2D eigenvalue weighted by Crippen LogP contribution is -2.35. The molecule has 1 heterocycles.